The molecule has 2 N–H and O–H groups in total. The molecule has 0 aromatic rings. The smallest absolute Gasteiger partial charge is 0.0258 e. The molecule has 1 nitrogen and oxygen atoms in total. The lowest BCUT2D eigenvalue weighted by atomic mass is 10.1. The van der Waals surface area contributed by atoms with Gasteiger partial charge in [-0.15, -0.1) is 0 Å². The second-order valence-electron chi connectivity index (χ2n) is 2.40. The fraction of sp³-hybridized carbons (Fsp3) is 0.750. The molecule has 0 rings (SSSR count). The molecule has 0 aliphatic rings. The van der Waals surface area contributed by atoms with Crippen molar-refractivity contribution in [3.05, 3.63) is 12.2 Å². The third-order valence-corrected chi connectivity index (χ3v) is 2.26. The summed E-state index contributed by atoms with van der Waals surface area (Å²) < 4.78 is 0. The van der Waals surface area contributed by atoms with Crippen molar-refractivity contribution in [2.24, 2.45) is 5.73 Å². The van der Waals surface area contributed by atoms with Gasteiger partial charge in [-0.25, -0.2) is 0 Å². The van der Waals surface area contributed by atoms with E-state index in [1.54, 1.807) is 0 Å². The molecular formula is C8H17NS. The minimum atomic E-state index is 0.220. The molecule has 0 aromatic carbocycles. The number of nitrogens with two attached hydrogens (primary N) is 1. The quantitative estimate of drug-likeness (QED) is 0.621. The van der Waals surface area contributed by atoms with Gasteiger partial charge >= 0.3 is 0 Å². The first kappa shape index (κ1) is 10.0. The molecule has 10 heavy (non-hydrogen) atoms. The molecule has 0 saturated carbocycles. The maximum absolute atomic E-state index is 5.80. The van der Waals surface area contributed by atoms with Crippen LogP contribution in [0.25, 0.3) is 0 Å². The summed E-state index contributed by atoms with van der Waals surface area (Å²) in [6.07, 6.45) is 4.17. The van der Waals surface area contributed by atoms with E-state index in [9.17, 15) is 0 Å². The highest BCUT2D eigenvalue weighted by molar-refractivity contribution is 7.98. The summed E-state index contributed by atoms with van der Waals surface area (Å²) in [5, 5.41) is 0. The standard InChI is InChI=1S/C8H17NS/c1-4-7(2)8(9)5-6-10-3/h8H,2,4-6,9H2,1,3H3. The molecule has 60 valence electrons. The van der Waals surface area contributed by atoms with Gasteiger partial charge in [-0.1, -0.05) is 19.1 Å². The summed E-state index contributed by atoms with van der Waals surface area (Å²) in [5.41, 5.74) is 6.98. The van der Waals surface area contributed by atoms with Crippen LogP contribution < -0.4 is 5.73 Å². The predicted molar refractivity (Wildman–Crippen MR) is 50.4 cm³/mol. The average molecular weight is 159 g/mol. The predicted octanol–water partition coefficient (Wildman–Crippen LogP) is 2.03. The van der Waals surface area contributed by atoms with Gasteiger partial charge < -0.3 is 5.73 Å². The van der Waals surface area contributed by atoms with Gasteiger partial charge in [0.2, 0.25) is 0 Å². The molecule has 1 atom stereocenters. The van der Waals surface area contributed by atoms with Gasteiger partial charge in [0.15, 0.2) is 0 Å². The lowest BCUT2D eigenvalue weighted by molar-refractivity contribution is 0.723. The molecule has 0 radical (unpaired) electrons. The van der Waals surface area contributed by atoms with Gasteiger partial charge in [-0.05, 0) is 24.9 Å². The Balaban J connectivity index is 3.41. The lowest BCUT2D eigenvalue weighted by Gasteiger charge is -2.11. The Labute approximate surface area is 68.1 Å². The van der Waals surface area contributed by atoms with Crippen LogP contribution in [0.4, 0.5) is 0 Å². The molecule has 0 fully saturated rings. The van der Waals surface area contributed by atoms with Crippen molar-refractivity contribution in [3.8, 4) is 0 Å². The van der Waals surface area contributed by atoms with Gasteiger partial charge in [0.05, 0.1) is 0 Å². The van der Waals surface area contributed by atoms with Crippen molar-refractivity contribution < 1.29 is 0 Å². The van der Waals surface area contributed by atoms with E-state index in [1.807, 2.05) is 11.8 Å². The maximum Gasteiger partial charge on any atom is 0.0258 e. The van der Waals surface area contributed by atoms with E-state index in [2.05, 4.69) is 19.8 Å². The highest BCUT2D eigenvalue weighted by atomic mass is 32.2. The van der Waals surface area contributed by atoms with E-state index < -0.39 is 0 Å². The second kappa shape index (κ2) is 5.81. The molecule has 1 unspecified atom stereocenters. The molecule has 0 saturated heterocycles. The Morgan fingerprint density at radius 1 is 1.70 bits per heavy atom. The molecule has 0 amide bonds. The van der Waals surface area contributed by atoms with E-state index in [0.717, 1.165) is 18.6 Å². The minimum absolute atomic E-state index is 0.220. The van der Waals surface area contributed by atoms with E-state index in [0.29, 0.717) is 0 Å². The molecule has 0 heterocycles. The van der Waals surface area contributed by atoms with Gasteiger partial charge in [0.25, 0.3) is 0 Å². The van der Waals surface area contributed by atoms with E-state index in [-0.39, 0.29) is 6.04 Å². The minimum Gasteiger partial charge on any atom is -0.324 e. The summed E-state index contributed by atoms with van der Waals surface area (Å²) in [4.78, 5) is 0. The van der Waals surface area contributed by atoms with Crippen molar-refractivity contribution >= 4 is 11.8 Å². The highest BCUT2D eigenvalue weighted by Crippen LogP contribution is 2.07. The molecule has 0 aliphatic carbocycles. The van der Waals surface area contributed by atoms with Crippen molar-refractivity contribution in [2.45, 2.75) is 25.8 Å². The third-order valence-electron chi connectivity index (χ3n) is 1.61. The first-order chi connectivity index (χ1) is 4.72. The Hall–Kier alpha value is 0.0500. The number of rotatable bonds is 5. The van der Waals surface area contributed by atoms with E-state index in [4.69, 9.17) is 5.73 Å². The van der Waals surface area contributed by atoms with Crippen LogP contribution in [-0.4, -0.2) is 18.1 Å². The van der Waals surface area contributed by atoms with Crippen LogP contribution in [0.1, 0.15) is 19.8 Å². The average Bonchev–Trinajstić information content (AvgIpc) is 1.98. The number of thioether (sulfide) groups is 1. The zero-order chi connectivity index (χ0) is 7.98. The fourth-order valence-electron chi connectivity index (χ4n) is 0.711. The molecule has 0 aromatic heterocycles. The third kappa shape index (κ3) is 3.96. The zero-order valence-corrected chi connectivity index (χ0v) is 7.71. The van der Waals surface area contributed by atoms with Crippen LogP contribution in [0, 0.1) is 0 Å². The Bertz CT molecular complexity index is 101. The van der Waals surface area contributed by atoms with Crippen molar-refractivity contribution in [1.82, 2.24) is 0 Å². The normalized spacial score (nSPS) is 13.1. The molecule has 0 bridgehead atoms. The van der Waals surface area contributed by atoms with Gasteiger partial charge in [-0.2, -0.15) is 11.8 Å². The molecule has 2 heteroatoms. The Morgan fingerprint density at radius 2 is 2.30 bits per heavy atom. The summed E-state index contributed by atoms with van der Waals surface area (Å²) in [6.45, 7) is 5.99. The van der Waals surface area contributed by atoms with Gasteiger partial charge in [0.1, 0.15) is 0 Å². The van der Waals surface area contributed by atoms with Crippen molar-refractivity contribution in [2.75, 3.05) is 12.0 Å². The number of hydrogen-bond acceptors (Lipinski definition) is 2. The number of hydrogen-bond donors (Lipinski definition) is 1. The van der Waals surface area contributed by atoms with Crippen molar-refractivity contribution in [1.29, 1.82) is 0 Å². The topological polar surface area (TPSA) is 26.0 Å². The summed E-state index contributed by atoms with van der Waals surface area (Å²) >= 11 is 1.84. The Morgan fingerprint density at radius 3 is 2.70 bits per heavy atom. The molecular weight excluding hydrogens is 142 g/mol. The lowest BCUT2D eigenvalue weighted by Crippen LogP contribution is -2.22. The molecule has 0 spiro atoms. The van der Waals surface area contributed by atoms with E-state index in [1.165, 1.54) is 5.57 Å². The van der Waals surface area contributed by atoms with E-state index >= 15 is 0 Å². The van der Waals surface area contributed by atoms with Crippen molar-refractivity contribution in [3.63, 3.8) is 0 Å². The van der Waals surface area contributed by atoms with Crippen LogP contribution >= 0.6 is 11.8 Å². The van der Waals surface area contributed by atoms with Crippen LogP contribution in [0.2, 0.25) is 0 Å². The Kier molecular flexibility index (Phi) is 5.84. The summed E-state index contributed by atoms with van der Waals surface area (Å²) in [6, 6.07) is 0.220. The van der Waals surface area contributed by atoms with Crippen LogP contribution in [0.15, 0.2) is 12.2 Å². The summed E-state index contributed by atoms with van der Waals surface area (Å²) in [5.74, 6) is 1.14. The van der Waals surface area contributed by atoms with Crippen LogP contribution in [0.3, 0.4) is 0 Å². The maximum atomic E-state index is 5.80. The first-order valence-electron chi connectivity index (χ1n) is 3.64. The molecule has 0 aliphatic heterocycles. The SMILES string of the molecule is C=C(CC)C(N)CCSC. The van der Waals surface area contributed by atoms with Gasteiger partial charge in [-0.3, -0.25) is 0 Å². The zero-order valence-electron chi connectivity index (χ0n) is 6.89. The van der Waals surface area contributed by atoms with Crippen LogP contribution in [0.5, 0.6) is 0 Å². The van der Waals surface area contributed by atoms with Crippen LogP contribution in [-0.2, 0) is 0 Å². The first-order valence-corrected chi connectivity index (χ1v) is 5.04. The largest absolute Gasteiger partial charge is 0.324 e. The second-order valence-corrected chi connectivity index (χ2v) is 3.39. The van der Waals surface area contributed by atoms with Gasteiger partial charge in [0, 0.05) is 6.04 Å². The highest BCUT2D eigenvalue weighted by Gasteiger charge is 2.03. The fourth-order valence-corrected chi connectivity index (χ4v) is 1.20. The monoisotopic (exact) mass is 159 g/mol. The summed E-state index contributed by atoms with van der Waals surface area (Å²) in [7, 11) is 0.